The molecule has 0 spiro atoms. The number of halogens is 2. The molecule has 0 saturated carbocycles. The SMILES string of the molecule is O=C(NCC[C@@H](CCO)c1cccs1)c1ccc(F)cc1Cl. The highest BCUT2D eigenvalue weighted by Crippen LogP contribution is 2.27. The van der Waals surface area contributed by atoms with E-state index >= 15 is 0 Å². The predicted molar refractivity (Wildman–Crippen MR) is 87.1 cm³/mol. The molecule has 0 aliphatic heterocycles. The largest absolute Gasteiger partial charge is 0.396 e. The zero-order valence-corrected chi connectivity index (χ0v) is 13.5. The van der Waals surface area contributed by atoms with Crippen LogP contribution in [-0.2, 0) is 0 Å². The summed E-state index contributed by atoms with van der Waals surface area (Å²) in [5, 5.41) is 14.0. The summed E-state index contributed by atoms with van der Waals surface area (Å²) in [5.74, 6) is -0.574. The summed E-state index contributed by atoms with van der Waals surface area (Å²) in [6.07, 6.45) is 1.39. The van der Waals surface area contributed by atoms with Gasteiger partial charge in [-0.15, -0.1) is 11.3 Å². The van der Waals surface area contributed by atoms with E-state index in [-0.39, 0.29) is 29.0 Å². The normalized spacial score (nSPS) is 12.1. The number of amides is 1. The van der Waals surface area contributed by atoms with Crippen LogP contribution in [0.1, 0.15) is 34.0 Å². The molecule has 0 fully saturated rings. The average Bonchev–Trinajstić information content (AvgIpc) is 3.00. The van der Waals surface area contributed by atoms with Crippen molar-refractivity contribution in [3.63, 3.8) is 0 Å². The topological polar surface area (TPSA) is 49.3 Å². The van der Waals surface area contributed by atoms with Crippen LogP contribution < -0.4 is 5.32 Å². The van der Waals surface area contributed by atoms with Crippen LogP contribution in [0, 0.1) is 5.82 Å². The average molecular weight is 342 g/mol. The summed E-state index contributed by atoms with van der Waals surface area (Å²) < 4.78 is 13.0. The van der Waals surface area contributed by atoms with Crippen LogP contribution in [0.2, 0.25) is 5.02 Å². The van der Waals surface area contributed by atoms with Crippen molar-refractivity contribution in [2.45, 2.75) is 18.8 Å². The highest BCUT2D eigenvalue weighted by Gasteiger charge is 2.14. The molecule has 1 heterocycles. The van der Waals surface area contributed by atoms with Crippen LogP contribution in [0.3, 0.4) is 0 Å². The molecule has 1 amide bonds. The Bertz CT molecular complexity index is 619. The molecule has 2 N–H and O–H groups in total. The molecule has 2 rings (SSSR count). The highest BCUT2D eigenvalue weighted by molar-refractivity contribution is 7.10. The second-order valence-corrected chi connectivity index (χ2v) is 6.28. The van der Waals surface area contributed by atoms with Gasteiger partial charge in [0, 0.05) is 18.0 Å². The number of thiophene rings is 1. The first kappa shape index (κ1) is 16.9. The molecule has 6 heteroatoms. The number of carbonyl (C=O) groups is 1. The van der Waals surface area contributed by atoms with Crippen LogP contribution in [-0.4, -0.2) is 24.2 Å². The van der Waals surface area contributed by atoms with Crippen LogP contribution >= 0.6 is 22.9 Å². The van der Waals surface area contributed by atoms with Crippen molar-refractivity contribution in [2.75, 3.05) is 13.2 Å². The fourth-order valence-electron chi connectivity index (χ4n) is 2.24. The molecule has 0 unspecified atom stereocenters. The Morgan fingerprint density at radius 3 is 2.82 bits per heavy atom. The molecule has 0 aliphatic rings. The quantitative estimate of drug-likeness (QED) is 0.804. The number of hydrogen-bond donors (Lipinski definition) is 2. The maximum atomic E-state index is 13.0. The monoisotopic (exact) mass is 341 g/mol. The van der Waals surface area contributed by atoms with Crippen LogP contribution in [0.4, 0.5) is 4.39 Å². The van der Waals surface area contributed by atoms with Crippen molar-refractivity contribution in [3.8, 4) is 0 Å². The first-order chi connectivity index (χ1) is 10.6. The molecule has 1 aromatic heterocycles. The van der Waals surface area contributed by atoms with Crippen molar-refractivity contribution in [3.05, 3.63) is 57.0 Å². The molecule has 0 aliphatic carbocycles. The van der Waals surface area contributed by atoms with E-state index in [4.69, 9.17) is 16.7 Å². The number of aliphatic hydroxyl groups is 1. The Hall–Kier alpha value is -1.43. The predicted octanol–water partition coefficient (Wildman–Crippen LogP) is 3.83. The lowest BCUT2D eigenvalue weighted by Crippen LogP contribution is -2.26. The third-order valence-corrected chi connectivity index (χ3v) is 4.72. The molecule has 22 heavy (non-hydrogen) atoms. The Balaban J connectivity index is 1.90. The first-order valence-corrected chi connectivity index (χ1v) is 8.25. The lowest BCUT2D eigenvalue weighted by atomic mass is 10.00. The van der Waals surface area contributed by atoms with Crippen LogP contribution in [0.15, 0.2) is 35.7 Å². The molecule has 1 aromatic carbocycles. The molecule has 0 saturated heterocycles. The lowest BCUT2D eigenvalue weighted by molar-refractivity contribution is 0.0952. The summed E-state index contributed by atoms with van der Waals surface area (Å²) in [5.41, 5.74) is 0.262. The Labute approximate surface area is 137 Å². The molecule has 1 atom stereocenters. The number of benzene rings is 1. The fourth-order valence-corrected chi connectivity index (χ4v) is 3.39. The number of nitrogens with one attached hydrogen (secondary N) is 1. The summed E-state index contributed by atoms with van der Waals surface area (Å²) >= 11 is 7.51. The van der Waals surface area contributed by atoms with Gasteiger partial charge >= 0.3 is 0 Å². The van der Waals surface area contributed by atoms with E-state index in [1.54, 1.807) is 11.3 Å². The van der Waals surface area contributed by atoms with E-state index in [0.29, 0.717) is 13.0 Å². The van der Waals surface area contributed by atoms with Gasteiger partial charge in [-0.2, -0.15) is 0 Å². The van der Waals surface area contributed by atoms with Crippen molar-refractivity contribution in [1.29, 1.82) is 0 Å². The van der Waals surface area contributed by atoms with Gasteiger partial charge in [-0.05, 0) is 48.4 Å². The van der Waals surface area contributed by atoms with Crippen molar-refractivity contribution >= 4 is 28.8 Å². The minimum atomic E-state index is -0.470. The van der Waals surface area contributed by atoms with E-state index in [0.717, 1.165) is 12.5 Å². The molecule has 3 nitrogen and oxygen atoms in total. The second kappa shape index (κ2) is 8.27. The maximum absolute atomic E-state index is 13.0. The number of hydrogen-bond acceptors (Lipinski definition) is 3. The van der Waals surface area contributed by atoms with Gasteiger partial charge in [0.15, 0.2) is 0 Å². The molecular weight excluding hydrogens is 325 g/mol. The molecular formula is C16H17ClFNO2S. The standard InChI is InChI=1S/C16H17ClFNO2S/c17-14-10-12(18)3-4-13(14)16(21)19-7-5-11(6-8-20)15-2-1-9-22-15/h1-4,9-11,20H,5-8H2,(H,19,21)/t11-/m0/s1. The van der Waals surface area contributed by atoms with Gasteiger partial charge in [0.05, 0.1) is 10.6 Å². The van der Waals surface area contributed by atoms with Crippen molar-refractivity contribution in [1.82, 2.24) is 5.32 Å². The van der Waals surface area contributed by atoms with Gasteiger partial charge in [-0.25, -0.2) is 4.39 Å². The van der Waals surface area contributed by atoms with E-state index in [1.165, 1.54) is 17.0 Å². The number of aliphatic hydroxyl groups excluding tert-OH is 1. The van der Waals surface area contributed by atoms with Gasteiger partial charge < -0.3 is 10.4 Å². The van der Waals surface area contributed by atoms with Gasteiger partial charge in [-0.3, -0.25) is 4.79 Å². The molecule has 118 valence electrons. The van der Waals surface area contributed by atoms with Crippen LogP contribution in [0.5, 0.6) is 0 Å². The van der Waals surface area contributed by atoms with Gasteiger partial charge in [0.1, 0.15) is 5.82 Å². The Morgan fingerprint density at radius 1 is 1.36 bits per heavy atom. The molecule has 0 bridgehead atoms. The van der Waals surface area contributed by atoms with Gasteiger partial charge in [0.2, 0.25) is 0 Å². The number of rotatable bonds is 7. The zero-order valence-electron chi connectivity index (χ0n) is 11.9. The fraction of sp³-hybridized carbons (Fsp3) is 0.312. The zero-order chi connectivity index (χ0) is 15.9. The Morgan fingerprint density at radius 2 is 2.18 bits per heavy atom. The smallest absolute Gasteiger partial charge is 0.252 e. The minimum Gasteiger partial charge on any atom is -0.396 e. The summed E-state index contributed by atoms with van der Waals surface area (Å²) in [6, 6.07) is 7.71. The van der Waals surface area contributed by atoms with Gasteiger partial charge in [-0.1, -0.05) is 17.7 Å². The highest BCUT2D eigenvalue weighted by atomic mass is 35.5. The molecule has 0 radical (unpaired) electrons. The third kappa shape index (κ3) is 4.53. The third-order valence-electron chi connectivity index (χ3n) is 3.38. The first-order valence-electron chi connectivity index (χ1n) is 6.99. The van der Waals surface area contributed by atoms with E-state index in [1.807, 2.05) is 17.5 Å². The number of carbonyl (C=O) groups excluding carboxylic acids is 1. The van der Waals surface area contributed by atoms with Crippen LogP contribution in [0.25, 0.3) is 0 Å². The minimum absolute atomic E-state index is 0.0997. The van der Waals surface area contributed by atoms with E-state index in [2.05, 4.69) is 5.32 Å². The van der Waals surface area contributed by atoms with E-state index < -0.39 is 5.82 Å². The molecule has 2 aromatic rings. The maximum Gasteiger partial charge on any atom is 0.252 e. The summed E-state index contributed by atoms with van der Waals surface area (Å²) in [4.78, 5) is 13.2. The van der Waals surface area contributed by atoms with E-state index in [9.17, 15) is 9.18 Å². The van der Waals surface area contributed by atoms with Gasteiger partial charge in [0.25, 0.3) is 5.91 Å². The van der Waals surface area contributed by atoms with Crippen molar-refractivity contribution < 1.29 is 14.3 Å². The summed E-state index contributed by atoms with van der Waals surface area (Å²) in [7, 11) is 0. The summed E-state index contributed by atoms with van der Waals surface area (Å²) in [6.45, 7) is 0.579. The Kier molecular flexibility index (Phi) is 6.36. The second-order valence-electron chi connectivity index (χ2n) is 4.89. The van der Waals surface area contributed by atoms with Crippen molar-refractivity contribution in [2.24, 2.45) is 0 Å². The lowest BCUT2D eigenvalue weighted by Gasteiger charge is -2.14.